The highest BCUT2D eigenvalue weighted by Crippen LogP contribution is 2.25. The number of carbonyl (C=O) groups excluding carboxylic acids is 1. The summed E-state index contributed by atoms with van der Waals surface area (Å²) >= 11 is 0. The van der Waals surface area contributed by atoms with Crippen LogP contribution in [0.5, 0.6) is 11.5 Å². The fourth-order valence-corrected chi connectivity index (χ4v) is 3.59. The summed E-state index contributed by atoms with van der Waals surface area (Å²) in [6.45, 7) is -0.500. The van der Waals surface area contributed by atoms with Crippen molar-refractivity contribution in [1.82, 2.24) is 0 Å². The van der Waals surface area contributed by atoms with Crippen molar-refractivity contribution < 1.29 is 22.9 Å². The van der Waals surface area contributed by atoms with Crippen LogP contribution >= 0.6 is 0 Å². The molecular weight excluding hydrogens is 422 g/mol. The highest BCUT2D eigenvalue weighted by molar-refractivity contribution is 7.92. The fourth-order valence-electron chi connectivity index (χ4n) is 2.73. The molecule has 3 aromatic carbocycles. The van der Waals surface area contributed by atoms with Gasteiger partial charge in [0.2, 0.25) is 15.9 Å². The van der Waals surface area contributed by atoms with Gasteiger partial charge in [-0.2, -0.15) is 0 Å². The molecule has 3 aromatic rings. The minimum atomic E-state index is -3.78. The number of benzene rings is 3. The maximum absolute atomic E-state index is 12.4. The second kappa shape index (κ2) is 9.26. The van der Waals surface area contributed by atoms with Crippen molar-refractivity contribution in [3.63, 3.8) is 0 Å². The zero-order chi connectivity index (χ0) is 22.4. The summed E-state index contributed by atoms with van der Waals surface area (Å²) in [5.41, 5.74) is 0.281. The van der Waals surface area contributed by atoms with Crippen molar-refractivity contribution in [2.75, 3.05) is 22.4 Å². The summed E-state index contributed by atoms with van der Waals surface area (Å²) in [6, 6.07) is 20.7. The van der Waals surface area contributed by atoms with E-state index in [9.17, 15) is 23.3 Å². The molecule has 31 heavy (non-hydrogen) atoms. The molecule has 0 heterocycles. The summed E-state index contributed by atoms with van der Waals surface area (Å²) in [6.07, 6.45) is 0.988. The molecule has 0 aliphatic carbocycles. The van der Waals surface area contributed by atoms with Crippen LogP contribution < -0.4 is 14.4 Å². The van der Waals surface area contributed by atoms with Gasteiger partial charge in [-0.1, -0.05) is 24.3 Å². The Hall–Kier alpha value is -3.92. The first-order valence-electron chi connectivity index (χ1n) is 9.07. The van der Waals surface area contributed by atoms with Gasteiger partial charge in [-0.15, -0.1) is 0 Å². The molecule has 0 aromatic heterocycles. The first-order chi connectivity index (χ1) is 14.7. The lowest BCUT2D eigenvalue weighted by Crippen LogP contribution is -2.37. The molecule has 1 amide bonds. The Balaban J connectivity index is 1.74. The lowest BCUT2D eigenvalue weighted by Gasteiger charge is -2.22. The van der Waals surface area contributed by atoms with E-state index in [1.807, 2.05) is 18.2 Å². The summed E-state index contributed by atoms with van der Waals surface area (Å²) < 4.78 is 31.2. The molecular formula is C21H19N3O6S. The third-order valence-corrected chi connectivity index (χ3v) is 5.27. The molecule has 160 valence electrons. The Morgan fingerprint density at radius 2 is 1.65 bits per heavy atom. The number of nitrogens with one attached hydrogen (secondary N) is 1. The largest absolute Gasteiger partial charge is 0.457 e. The quantitative estimate of drug-likeness (QED) is 0.420. The van der Waals surface area contributed by atoms with E-state index in [-0.39, 0.29) is 17.1 Å². The average molecular weight is 441 g/mol. The highest BCUT2D eigenvalue weighted by atomic mass is 32.2. The van der Waals surface area contributed by atoms with E-state index in [1.54, 1.807) is 24.3 Å². The lowest BCUT2D eigenvalue weighted by molar-refractivity contribution is -0.384. The van der Waals surface area contributed by atoms with Crippen molar-refractivity contribution in [3.8, 4) is 11.5 Å². The molecule has 1 N–H and O–H groups in total. The van der Waals surface area contributed by atoms with E-state index in [0.29, 0.717) is 11.5 Å². The number of hydrogen-bond donors (Lipinski definition) is 1. The van der Waals surface area contributed by atoms with Gasteiger partial charge in [0.25, 0.3) is 5.69 Å². The lowest BCUT2D eigenvalue weighted by atomic mass is 10.2. The molecule has 0 saturated carbocycles. The second-order valence-corrected chi connectivity index (χ2v) is 8.44. The third-order valence-electron chi connectivity index (χ3n) is 4.13. The van der Waals surface area contributed by atoms with Crippen LogP contribution in [0.1, 0.15) is 0 Å². The molecule has 3 rings (SSSR count). The van der Waals surface area contributed by atoms with Crippen molar-refractivity contribution in [2.24, 2.45) is 0 Å². The summed E-state index contributed by atoms with van der Waals surface area (Å²) in [5.74, 6) is 0.492. The van der Waals surface area contributed by atoms with Gasteiger partial charge < -0.3 is 10.1 Å². The van der Waals surface area contributed by atoms with E-state index in [0.717, 1.165) is 10.6 Å². The van der Waals surface area contributed by atoms with Gasteiger partial charge in [0.05, 0.1) is 16.9 Å². The molecule has 0 bridgehead atoms. The Kier molecular flexibility index (Phi) is 6.51. The zero-order valence-electron chi connectivity index (χ0n) is 16.5. The molecule has 0 unspecified atom stereocenters. The van der Waals surface area contributed by atoms with Crippen molar-refractivity contribution >= 4 is 33.0 Å². The van der Waals surface area contributed by atoms with Crippen LogP contribution in [0.4, 0.5) is 17.1 Å². The van der Waals surface area contributed by atoms with Crippen molar-refractivity contribution in [3.05, 3.63) is 89.0 Å². The van der Waals surface area contributed by atoms with Gasteiger partial charge in [-0.3, -0.25) is 19.2 Å². The zero-order valence-corrected chi connectivity index (χ0v) is 17.3. The maximum atomic E-state index is 12.4. The summed E-state index contributed by atoms with van der Waals surface area (Å²) in [7, 11) is -3.78. The Labute approximate surface area is 179 Å². The predicted molar refractivity (Wildman–Crippen MR) is 117 cm³/mol. The first-order valence-corrected chi connectivity index (χ1v) is 10.9. The molecule has 10 heteroatoms. The van der Waals surface area contributed by atoms with E-state index >= 15 is 0 Å². The Bertz CT molecular complexity index is 1180. The van der Waals surface area contributed by atoms with Gasteiger partial charge >= 0.3 is 0 Å². The first kappa shape index (κ1) is 21.8. The molecule has 0 radical (unpaired) electrons. The number of carbonyl (C=O) groups is 1. The minimum absolute atomic E-state index is 0.188. The van der Waals surface area contributed by atoms with E-state index in [1.165, 1.54) is 36.4 Å². The maximum Gasteiger partial charge on any atom is 0.271 e. The smallest absolute Gasteiger partial charge is 0.271 e. The third kappa shape index (κ3) is 6.03. The number of para-hydroxylation sites is 1. The number of nitrogens with zero attached hydrogens (tertiary/aromatic N) is 2. The molecule has 0 saturated heterocycles. The number of anilines is 2. The monoisotopic (exact) mass is 441 g/mol. The molecule has 9 nitrogen and oxygen atoms in total. The van der Waals surface area contributed by atoms with Crippen LogP contribution in [0, 0.1) is 10.1 Å². The van der Waals surface area contributed by atoms with Crippen molar-refractivity contribution in [1.29, 1.82) is 0 Å². The van der Waals surface area contributed by atoms with Gasteiger partial charge in [-0.05, 0) is 42.5 Å². The van der Waals surface area contributed by atoms with Crippen LogP contribution in [0.15, 0.2) is 78.9 Å². The number of sulfonamides is 1. The number of nitro groups is 1. The number of ether oxygens (including phenoxy) is 1. The number of rotatable bonds is 8. The number of non-ortho nitro benzene ring substituents is 1. The van der Waals surface area contributed by atoms with Crippen molar-refractivity contribution in [2.45, 2.75) is 0 Å². The molecule has 0 aliphatic rings. The number of amides is 1. The number of hydrogen-bond acceptors (Lipinski definition) is 6. The fraction of sp³-hybridized carbons (Fsp3) is 0.0952. The van der Waals surface area contributed by atoms with E-state index in [4.69, 9.17) is 4.74 Å². The SMILES string of the molecule is CS(=O)(=O)N(CC(=O)Nc1cccc([N+](=O)[O-])c1)c1ccc(Oc2ccccc2)cc1. The van der Waals surface area contributed by atoms with Crippen LogP contribution in [0.2, 0.25) is 0 Å². The summed E-state index contributed by atoms with van der Waals surface area (Å²) in [5, 5.41) is 13.4. The average Bonchev–Trinajstić information content (AvgIpc) is 2.73. The van der Waals surface area contributed by atoms with Gasteiger partial charge in [0.15, 0.2) is 0 Å². The molecule has 0 fully saturated rings. The normalized spacial score (nSPS) is 10.9. The van der Waals surface area contributed by atoms with Gasteiger partial charge in [0, 0.05) is 17.8 Å². The van der Waals surface area contributed by atoms with Crippen LogP contribution in [-0.4, -0.2) is 32.0 Å². The van der Waals surface area contributed by atoms with E-state index < -0.39 is 27.4 Å². The molecule has 0 spiro atoms. The molecule has 0 aliphatic heterocycles. The Morgan fingerprint density at radius 3 is 2.26 bits per heavy atom. The standard InChI is InChI=1S/C21H19N3O6S/c1-31(28,29)23(15-21(25)22-16-6-5-7-18(14-16)24(26)27)17-10-12-20(13-11-17)30-19-8-3-2-4-9-19/h2-14H,15H2,1H3,(H,22,25). The van der Waals surface area contributed by atoms with Crippen LogP contribution in [0.25, 0.3) is 0 Å². The minimum Gasteiger partial charge on any atom is -0.457 e. The predicted octanol–water partition coefficient (Wildman–Crippen LogP) is 3.79. The van der Waals surface area contributed by atoms with Crippen LogP contribution in [-0.2, 0) is 14.8 Å². The van der Waals surface area contributed by atoms with E-state index in [2.05, 4.69) is 5.32 Å². The number of nitro benzene ring substituents is 1. The van der Waals surface area contributed by atoms with Gasteiger partial charge in [-0.25, -0.2) is 8.42 Å². The summed E-state index contributed by atoms with van der Waals surface area (Å²) in [4.78, 5) is 22.7. The van der Waals surface area contributed by atoms with Gasteiger partial charge in [0.1, 0.15) is 18.0 Å². The Morgan fingerprint density at radius 1 is 1.00 bits per heavy atom. The van der Waals surface area contributed by atoms with Crippen LogP contribution in [0.3, 0.4) is 0 Å². The highest BCUT2D eigenvalue weighted by Gasteiger charge is 2.21. The molecule has 0 atom stereocenters. The topological polar surface area (TPSA) is 119 Å². The second-order valence-electron chi connectivity index (χ2n) is 6.53.